The van der Waals surface area contributed by atoms with Gasteiger partial charge in [0.05, 0.1) is 11.6 Å². The Morgan fingerprint density at radius 1 is 1.35 bits per heavy atom. The first kappa shape index (κ1) is 13.0. The number of benzene rings is 1. The minimum atomic E-state index is -4.45. The molecule has 0 heterocycles. The summed E-state index contributed by atoms with van der Waals surface area (Å²) in [5.41, 5.74) is -0.802. The molecule has 0 aromatic heterocycles. The summed E-state index contributed by atoms with van der Waals surface area (Å²) >= 11 is 0. The Kier molecular flexibility index (Phi) is 4.10. The maximum atomic E-state index is 12.6. The number of nitriles is 1. The van der Waals surface area contributed by atoms with Crippen molar-refractivity contribution in [1.29, 1.82) is 5.26 Å². The topological polar surface area (TPSA) is 52.9 Å². The molecule has 1 amide bonds. The van der Waals surface area contributed by atoms with Gasteiger partial charge in [0, 0.05) is 6.54 Å². The van der Waals surface area contributed by atoms with Crippen molar-refractivity contribution in [3.63, 3.8) is 0 Å². The van der Waals surface area contributed by atoms with Crippen LogP contribution in [0.1, 0.15) is 17.5 Å². The number of carbonyl (C=O) groups excluding carboxylic acids is 1. The van der Waals surface area contributed by atoms with Crippen LogP contribution in [0.15, 0.2) is 24.3 Å². The highest BCUT2D eigenvalue weighted by molar-refractivity contribution is 5.77. The summed E-state index contributed by atoms with van der Waals surface area (Å²) < 4.78 is 37.7. The van der Waals surface area contributed by atoms with Crippen LogP contribution in [0.5, 0.6) is 0 Å². The zero-order valence-electron chi connectivity index (χ0n) is 8.71. The molecule has 1 aromatic rings. The number of rotatable bonds is 3. The summed E-state index contributed by atoms with van der Waals surface area (Å²) in [6.45, 7) is -0.240. The van der Waals surface area contributed by atoms with E-state index in [1.807, 2.05) is 0 Å². The molecule has 0 atom stereocenters. The first-order valence-corrected chi connectivity index (χ1v) is 4.74. The number of nitrogens with one attached hydrogen (secondary N) is 1. The van der Waals surface area contributed by atoms with Gasteiger partial charge in [-0.1, -0.05) is 18.2 Å². The van der Waals surface area contributed by atoms with Gasteiger partial charge in [-0.2, -0.15) is 18.4 Å². The fourth-order valence-electron chi connectivity index (χ4n) is 1.28. The molecule has 0 spiro atoms. The molecule has 0 radical (unpaired) electrons. The molecule has 1 N–H and O–H groups in total. The second kappa shape index (κ2) is 5.34. The normalized spacial score (nSPS) is 10.7. The summed E-state index contributed by atoms with van der Waals surface area (Å²) in [5, 5.41) is 10.5. The van der Waals surface area contributed by atoms with Gasteiger partial charge in [0.25, 0.3) is 0 Å². The summed E-state index contributed by atoms with van der Waals surface area (Å²) in [6, 6.07) is 6.59. The molecule has 0 bridgehead atoms. The summed E-state index contributed by atoms with van der Waals surface area (Å²) in [7, 11) is 0. The highest BCUT2D eigenvalue weighted by Crippen LogP contribution is 2.31. The maximum absolute atomic E-state index is 12.6. The number of hydrogen-bond donors (Lipinski definition) is 1. The van der Waals surface area contributed by atoms with Gasteiger partial charge in [-0.15, -0.1) is 0 Å². The Hall–Kier alpha value is -2.03. The third kappa shape index (κ3) is 3.79. The number of halogens is 3. The van der Waals surface area contributed by atoms with E-state index in [1.54, 1.807) is 6.07 Å². The van der Waals surface area contributed by atoms with Crippen molar-refractivity contribution in [2.75, 3.05) is 0 Å². The highest BCUT2D eigenvalue weighted by Gasteiger charge is 2.32. The number of carbonyl (C=O) groups is 1. The van der Waals surface area contributed by atoms with Crippen LogP contribution < -0.4 is 5.32 Å². The molecule has 0 aliphatic heterocycles. The van der Waals surface area contributed by atoms with Gasteiger partial charge in [0.2, 0.25) is 5.91 Å². The van der Waals surface area contributed by atoms with Gasteiger partial charge >= 0.3 is 6.18 Å². The van der Waals surface area contributed by atoms with E-state index in [0.717, 1.165) is 6.07 Å². The predicted molar refractivity (Wildman–Crippen MR) is 53.5 cm³/mol. The second-order valence-electron chi connectivity index (χ2n) is 3.27. The van der Waals surface area contributed by atoms with E-state index in [2.05, 4.69) is 5.32 Å². The van der Waals surface area contributed by atoms with Gasteiger partial charge in [-0.05, 0) is 11.6 Å². The Bertz CT molecular complexity index is 449. The minimum absolute atomic E-state index is 0.0220. The van der Waals surface area contributed by atoms with Crippen LogP contribution in [0, 0.1) is 11.3 Å². The molecule has 0 aliphatic carbocycles. The van der Waals surface area contributed by atoms with Crippen molar-refractivity contribution in [1.82, 2.24) is 5.32 Å². The van der Waals surface area contributed by atoms with Crippen LogP contribution in [-0.2, 0) is 17.5 Å². The lowest BCUT2D eigenvalue weighted by molar-refractivity contribution is -0.138. The second-order valence-corrected chi connectivity index (χ2v) is 3.27. The van der Waals surface area contributed by atoms with E-state index in [0.29, 0.717) is 0 Å². The lowest BCUT2D eigenvalue weighted by Crippen LogP contribution is -2.23. The molecule has 0 aliphatic rings. The van der Waals surface area contributed by atoms with Crippen LogP contribution >= 0.6 is 0 Å². The van der Waals surface area contributed by atoms with E-state index >= 15 is 0 Å². The molecular weight excluding hydrogens is 233 g/mol. The summed E-state index contributed by atoms with van der Waals surface area (Å²) in [6.07, 6.45) is -4.81. The zero-order chi connectivity index (χ0) is 12.9. The van der Waals surface area contributed by atoms with Gasteiger partial charge in [0.1, 0.15) is 6.42 Å². The molecule has 90 valence electrons. The number of hydrogen-bond acceptors (Lipinski definition) is 2. The van der Waals surface area contributed by atoms with Crippen LogP contribution in [0.3, 0.4) is 0 Å². The van der Waals surface area contributed by atoms with Crippen molar-refractivity contribution in [2.45, 2.75) is 19.1 Å². The Morgan fingerprint density at radius 2 is 2.00 bits per heavy atom. The SMILES string of the molecule is N#CCC(=O)NCc1ccccc1C(F)(F)F. The maximum Gasteiger partial charge on any atom is 0.416 e. The first-order chi connectivity index (χ1) is 7.95. The molecule has 3 nitrogen and oxygen atoms in total. The molecule has 0 unspecified atom stereocenters. The van der Waals surface area contributed by atoms with Crippen LogP contribution in [0.4, 0.5) is 13.2 Å². The molecule has 17 heavy (non-hydrogen) atoms. The van der Waals surface area contributed by atoms with Crippen molar-refractivity contribution < 1.29 is 18.0 Å². The average molecular weight is 242 g/mol. The molecule has 1 aromatic carbocycles. The van der Waals surface area contributed by atoms with Crippen molar-refractivity contribution in [3.8, 4) is 6.07 Å². The molecule has 6 heteroatoms. The lowest BCUT2D eigenvalue weighted by atomic mass is 10.1. The van der Waals surface area contributed by atoms with Gasteiger partial charge < -0.3 is 5.32 Å². The van der Waals surface area contributed by atoms with Gasteiger partial charge in [-0.3, -0.25) is 4.79 Å². The van der Waals surface area contributed by atoms with E-state index in [-0.39, 0.29) is 18.5 Å². The standard InChI is InChI=1S/C11H9F3N2O/c12-11(13,14)9-4-2-1-3-8(9)7-16-10(17)5-6-15/h1-4H,5,7H2,(H,16,17). The Labute approximate surface area is 95.9 Å². The molecule has 0 saturated heterocycles. The Balaban J connectivity index is 2.79. The summed E-state index contributed by atoms with van der Waals surface area (Å²) in [4.78, 5) is 11.0. The fourth-order valence-corrected chi connectivity index (χ4v) is 1.28. The quantitative estimate of drug-likeness (QED) is 0.883. The number of amides is 1. The molecule has 0 fully saturated rings. The van der Waals surface area contributed by atoms with E-state index in [1.165, 1.54) is 18.2 Å². The highest BCUT2D eigenvalue weighted by atomic mass is 19.4. The van der Waals surface area contributed by atoms with E-state index < -0.39 is 17.6 Å². The number of alkyl halides is 3. The summed E-state index contributed by atoms with van der Waals surface area (Å²) in [5.74, 6) is -0.593. The van der Waals surface area contributed by atoms with Crippen LogP contribution in [0.25, 0.3) is 0 Å². The third-order valence-electron chi connectivity index (χ3n) is 2.04. The minimum Gasteiger partial charge on any atom is -0.351 e. The third-order valence-corrected chi connectivity index (χ3v) is 2.04. The van der Waals surface area contributed by atoms with E-state index in [9.17, 15) is 18.0 Å². The number of nitrogens with zero attached hydrogens (tertiary/aromatic N) is 1. The monoisotopic (exact) mass is 242 g/mol. The van der Waals surface area contributed by atoms with Crippen LogP contribution in [0.2, 0.25) is 0 Å². The first-order valence-electron chi connectivity index (χ1n) is 4.74. The lowest BCUT2D eigenvalue weighted by Gasteiger charge is -2.12. The van der Waals surface area contributed by atoms with Gasteiger partial charge in [0.15, 0.2) is 0 Å². The largest absolute Gasteiger partial charge is 0.416 e. The van der Waals surface area contributed by atoms with Crippen LogP contribution in [-0.4, -0.2) is 5.91 Å². The van der Waals surface area contributed by atoms with Gasteiger partial charge in [-0.25, -0.2) is 0 Å². The molecule has 0 saturated carbocycles. The fraction of sp³-hybridized carbons (Fsp3) is 0.273. The zero-order valence-corrected chi connectivity index (χ0v) is 8.71. The van der Waals surface area contributed by atoms with Crippen molar-refractivity contribution in [2.24, 2.45) is 0 Å². The average Bonchev–Trinajstić information content (AvgIpc) is 2.26. The predicted octanol–water partition coefficient (Wildman–Crippen LogP) is 2.24. The Morgan fingerprint density at radius 3 is 2.59 bits per heavy atom. The molecular formula is C11H9F3N2O. The van der Waals surface area contributed by atoms with E-state index in [4.69, 9.17) is 5.26 Å². The van der Waals surface area contributed by atoms with Crippen molar-refractivity contribution >= 4 is 5.91 Å². The van der Waals surface area contributed by atoms with Crippen molar-refractivity contribution in [3.05, 3.63) is 35.4 Å². The smallest absolute Gasteiger partial charge is 0.351 e. The molecule has 1 rings (SSSR count).